The second-order valence-electron chi connectivity index (χ2n) is 3.91. The van der Waals surface area contributed by atoms with Crippen molar-refractivity contribution in [3.63, 3.8) is 0 Å². The van der Waals surface area contributed by atoms with Crippen molar-refractivity contribution < 1.29 is 0 Å². The summed E-state index contributed by atoms with van der Waals surface area (Å²) in [5, 5.41) is 8.76. The van der Waals surface area contributed by atoms with Crippen LogP contribution >= 0.6 is 27.7 Å². The van der Waals surface area contributed by atoms with Crippen LogP contribution in [0.4, 0.5) is 0 Å². The van der Waals surface area contributed by atoms with Gasteiger partial charge >= 0.3 is 0 Å². The number of thioether (sulfide) groups is 1. The molecule has 84 valence electrons. The number of nitriles is 1. The zero-order chi connectivity index (χ0) is 11.5. The summed E-state index contributed by atoms with van der Waals surface area (Å²) in [6.07, 6.45) is 1.12. The SMILES string of the molecule is CN(CC#N)[C@@H]1CCSc2ccc(Br)cc21. The van der Waals surface area contributed by atoms with Crippen molar-refractivity contribution in [3.05, 3.63) is 28.2 Å². The van der Waals surface area contributed by atoms with E-state index in [1.165, 1.54) is 10.5 Å². The van der Waals surface area contributed by atoms with Crippen LogP contribution in [0.1, 0.15) is 18.0 Å². The molecule has 0 aliphatic carbocycles. The van der Waals surface area contributed by atoms with Gasteiger partial charge in [-0.05, 0) is 43.0 Å². The largest absolute Gasteiger partial charge is 0.286 e. The van der Waals surface area contributed by atoms with Crippen LogP contribution in [0.5, 0.6) is 0 Å². The van der Waals surface area contributed by atoms with E-state index in [4.69, 9.17) is 5.26 Å². The van der Waals surface area contributed by atoms with Gasteiger partial charge in [0.1, 0.15) is 0 Å². The number of hydrogen-bond donors (Lipinski definition) is 0. The zero-order valence-electron chi connectivity index (χ0n) is 9.11. The van der Waals surface area contributed by atoms with E-state index in [2.05, 4.69) is 45.1 Å². The molecule has 0 saturated heterocycles. The molecule has 0 amide bonds. The van der Waals surface area contributed by atoms with Crippen molar-refractivity contribution in [2.24, 2.45) is 0 Å². The first-order chi connectivity index (χ1) is 7.72. The molecule has 1 atom stereocenters. The van der Waals surface area contributed by atoms with Gasteiger partial charge in [0.15, 0.2) is 0 Å². The summed E-state index contributed by atoms with van der Waals surface area (Å²) < 4.78 is 1.11. The van der Waals surface area contributed by atoms with E-state index in [9.17, 15) is 0 Å². The lowest BCUT2D eigenvalue weighted by Crippen LogP contribution is -2.27. The first-order valence-electron chi connectivity index (χ1n) is 5.22. The van der Waals surface area contributed by atoms with Gasteiger partial charge in [0.25, 0.3) is 0 Å². The molecular weight excluding hydrogens is 284 g/mol. The molecule has 0 unspecified atom stereocenters. The van der Waals surface area contributed by atoms with Crippen molar-refractivity contribution in [2.75, 3.05) is 19.3 Å². The average molecular weight is 297 g/mol. The number of halogens is 1. The highest BCUT2D eigenvalue weighted by Crippen LogP contribution is 2.39. The second-order valence-corrected chi connectivity index (χ2v) is 5.96. The summed E-state index contributed by atoms with van der Waals surface area (Å²) in [6.45, 7) is 0.487. The molecule has 1 heterocycles. The summed E-state index contributed by atoms with van der Waals surface area (Å²) in [5.74, 6) is 1.13. The standard InChI is InChI=1S/C12H13BrN2S/c1-15(6-5-14)11-4-7-16-12-3-2-9(13)8-10(11)12/h2-3,8,11H,4,6-7H2,1H3/t11-/m1/s1. The highest BCUT2D eigenvalue weighted by Gasteiger charge is 2.24. The Hall–Kier alpha value is -0.500. The summed E-state index contributed by atoms with van der Waals surface area (Å²) >= 11 is 5.42. The molecule has 2 nitrogen and oxygen atoms in total. The number of rotatable bonds is 2. The van der Waals surface area contributed by atoms with Crippen LogP contribution in [0.2, 0.25) is 0 Å². The van der Waals surface area contributed by atoms with Crippen LogP contribution in [0.3, 0.4) is 0 Å². The van der Waals surface area contributed by atoms with Gasteiger partial charge in [0, 0.05) is 15.4 Å². The molecule has 0 bridgehead atoms. The molecule has 1 aliphatic heterocycles. The molecule has 0 radical (unpaired) electrons. The van der Waals surface area contributed by atoms with Gasteiger partial charge in [0.05, 0.1) is 12.6 Å². The fraction of sp³-hybridized carbons (Fsp3) is 0.417. The highest BCUT2D eigenvalue weighted by atomic mass is 79.9. The van der Waals surface area contributed by atoms with E-state index in [0.717, 1.165) is 16.6 Å². The quantitative estimate of drug-likeness (QED) is 0.782. The Morgan fingerprint density at radius 1 is 1.62 bits per heavy atom. The molecule has 0 N–H and O–H groups in total. The van der Waals surface area contributed by atoms with E-state index < -0.39 is 0 Å². The van der Waals surface area contributed by atoms with Crippen molar-refractivity contribution in [1.29, 1.82) is 5.26 Å². The van der Waals surface area contributed by atoms with Gasteiger partial charge in [-0.15, -0.1) is 11.8 Å². The van der Waals surface area contributed by atoms with Gasteiger partial charge < -0.3 is 0 Å². The number of fused-ring (bicyclic) bond motifs is 1. The molecule has 4 heteroatoms. The Morgan fingerprint density at radius 2 is 2.44 bits per heavy atom. The first-order valence-corrected chi connectivity index (χ1v) is 6.99. The Bertz CT molecular complexity index is 428. The summed E-state index contributed by atoms with van der Waals surface area (Å²) in [5.41, 5.74) is 1.35. The van der Waals surface area contributed by atoms with Crippen LogP contribution in [0.25, 0.3) is 0 Å². The Balaban J connectivity index is 2.32. The van der Waals surface area contributed by atoms with Gasteiger partial charge in [-0.3, -0.25) is 4.90 Å². The Morgan fingerprint density at radius 3 is 3.19 bits per heavy atom. The van der Waals surface area contributed by atoms with E-state index in [1.54, 1.807) is 0 Å². The highest BCUT2D eigenvalue weighted by molar-refractivity contribution is 9.10. The molecular formula is C12H13BrN2S. The van der Waals surface area contributed by atoms with E-state index in [1.807, 2.05) is 18.8 Å². The first kappa shape index (κ1) is 12.0. The molecule has 1 aromatic rings. The molecule has 0 aromatic heterocycles. The van der Waals surface area contributed by atoms with Crippen molar-refractivity contribution >= 4 is 27.7 Å². The molecule has 0 fully saturated rings. The maximum Gasteiger partial charge on any atom is 0.0868 e. The zero-order valence-corrected chi connectivity index (χ0v) is 11.5. The molecule has 1 aliphatic rings. The van der Waals surface area contributed by atoms with E-state index in [-0.39, 0.29) is 0 Å². The lowest BCUT2D eigenvalue weighted by Gasteiger charge is -2.31. The number of nitrogens with zero attached hydrogens (tertiary/aromatic N) is 2. The minimum atomic E-state index is 0.383. The second kappa shape index (κ2) is 5.22. The Labute approximate surface area is 109 Å². The molecule has 1 aromatic carbocycles. The van der Waals surface area contributed by atoms with Crippen LogP contribution < -0.4 is 0 Å². The predicted octanol–water partition coefficient (Wildman–Crippen LogP) is 3.44. The molecule has 2 rings (SSSR count). The van der Waals surface area contributed by atoms with Crippen LogP contribution in [0.15, 0.2) is 27.6 Å². The third-order valence-electron chi connectivity index (χ3n) is 2.83. The monoisotopic (exact) mass is 296 g/mol. The fourth-order valence-electron chi connectivity index (χ4n) is 2.03. The third kappa shape index (κ3) is 2.42. The predicted molar refractivity (Wildman–Crippen MR) is 70.5 cm³/mol. The van der Waals surface area contributed by atoms with Crippen LogP contribution in [-0.2, 0) is 0 Å². The van der Waals surface area contributed by atoms with Crippen molar-refractivity contribution in [1.82, 2.24) is 4.90 Å². The number of hydrogen-bond acceptors (Lipinski definition) is 3. The minimum Gasteiger partial charge on any atom is -0.286 e. The van der Waals surface area contributed by atoms with Gasteiger partial charge in [-0.25, -0.2) is 0 Å². The van der Waals surface area contributed by atoms with Crippen molar-refractivity contribution in [3.8, 4) is 6.07 Å². The van der Waals surface area contributed by atoms with Gasteiger partial charge in [-0.2, -0.15) is 5.26 Å². The summed E-state index contributed by atoms with van der Waals surface area (Å²) in [7, 11) is 2.02. The minimum absolute atomic E-state index is 0.383. The molecule has 0 saturated carbocycles. The maximum atomic E-state index is 8.76. The van der Waals surface area contributed by atoms with E-state index in [0.29, 0.717) is 12.6 Å². The topological polar surface area (TPSA) is 27.0 Å². The number of benzene rings is 1. The maximum absolute atomic E-state index is 8.76. The third-order valence-corrected chi connectivity index (χ3v) is 4.45. The lowest BCUT2D eigenvalue weighted by atomic mass is 10.0. The van der Waals surface area contributed by atoms with E-state index >= 15 is 0 Å². The lowest BCUT2D eigenvalue weighted by molar-refractivity contribution is 0.263. The molecule has 0 spiro atoms. The smallest absolute Gasteiger partial charge is 0.0868 e. The van der Waals surface area contributed by atoms with Gasteiger partial charge in [-0.1, -0.05) is 15.9 Å². The van der Waals surface area contributed by atoms with Crippen LogP contribution in [-0.4, -0.2) is 24.2 Å². The summed E-state index contributed by atoms with van der Waals surface area (Å²) in [4.78, 5) is 3.48. The van der Waals surface area contributed by atoms with Crippen molar-refractivity contribution in [2.45, 2.75) is 17.4 Å². The summed E-state index contributed by atoms with van der Waals surface area (Å²) in [6, 6.07) is 9.03. The fourth-order valence-corrected chi connectivity index (χ4v) is 3.49. The van der Waals surface area contributed by atoms with Gasteiger partial charge in [0.2, 0.25) is 0 Å². The molecule has 16 heavy (non-hydrogen) atoms. The van der Waals surface area contributed by atoms with Crippen LogP contribution in [0, 0.1) is 11.3 Å². The average Bonchev–Trinajstić information content (AvgIpc) is 2.28. The Kier molecular flexibility index (Phi) is 3.91. The normalized spacial score (nSPS) is 19.2.